The van der Waals surface area contributed by atoms with Crippen molar-refractivity contribution in [3.05, 3.63) is 58.4 Å². The number of H-pyrrole nitrogens is 1. The minimum atomic E-state index is -0.937. The zero-order chi connectivity index (χ0) is 15.4. The van der Waals surface area contributed by atoms with Crippen LogP contribution in [-0.4, -0.2) is 28.5 Å². The molecule has 0 aliphatic heterocycles. The molecule has 2 rings (SSSR count). The quantitative estimate of drug-likeness (QED) is 0.788. The summed E-state index contributed by atoms with van der Waals surface area (Å²) in [5.74, 6) is -1.04. The van der Waals surface area contributed by atoms with Crippen molar-refractivity contribution in [2.75, 3.05) is 6.54 Å². The van der Waals surface area contributed by atoms with Gasteiger partial charge in [0, 0.05) is 17.9 Å². The average molecular weight is 286 g/mol. The van der Waals surface area contributed by atoms with Crippen LogP contribution in [0.15, 0.2) is 30.3 Å². The minimum absolute atomic E-state index is 0.0981. The van der Waals surface area contributed by atoms with E-state index in [0.29, 0.717) is 18.5 Å². The van der Waals surface area contributed by atoms with Gasteiger partial charge in [0.15, 0.2) is 0 Å². The van der Waals surface area contributed by atoms with Gasteiger partial charge in [-0.15, -0.1) is 0 Å². The molecule has 3 N–H and O–H groups in total. The Balaban J connectivity index is 1.88. The van der Waals surface area contributed by atoms with E-state index in [1.807, 2.05) is 19.9 Å². The summed E-state index contributed by atoms with van der Waals surface area (Å²) in [6.07, 6.45) is 0.661. The molecule has 0 aliphatic rings. The van der Waals surface area contributed by atoms with Crippen molar-refractivity contribution in [1.29, 1.82) is 0 Å². The maximum atomic E-state index is 12.0. The van der Waals surface area contributed by atoms with Gasteiger partial charge in [0.05, 0.1) is 11.1 Å². The highest BCUT2D eigenvalue weighted by atomic mass is 16.4. The molecular formula is C16H18N2O3. The van der Waals surface area contributed by atoms with E-state index in [2.05, 4.69) is 10.3 Å². The number of rotatable bonds is 5. The molecule has 0 fully saturated rings. The third-order valence-electron chi connectivity index (χ3n) is 3.29. The van der Waals surface area contributed by atoms with Crippen LogP contribution in [-0.2, 0) is 6.42 Å². The fourth-order valence-corrected chi connectivity index (χ4v) is 2.19. The second-order valence-electron chi connectivity index (χ2n) is 5.00. The third-order valence-corrected chi connectivity index (χ3v) is 3.29. The number of hydrogen-bond acceptors (Lipinski definition) is 2. The van der Waals surface area contributed by atoms with Gasteiger partial charge in [-0.25, -0.2) is 4.79 Å². The summed E-state index contributed by atoms with van der Waals surface area (Å²) >= 11 is 0. The van der Waals surface area contributed by atoms with Crippen molar-refractivity contribution < 1.29 is 14.7 Å². The molecule has 0 unspecified atom stereocenters. The number of carbonyl (C=O) groups excluding carboxylic acids is 1. The van der Waals surface area contributed by atoms with Crippen LogP contribution in [0.1, 0.15) is 37.7 Å². The number of aromatic nitrogens is 1. The molecule has 1 aromatic heterocycles. The van der Waals surface area contributed by atoms with Crippen LogP contribution in [0.4, 0.5) is 0 Å². The number of aromatic amines is 1. The van der Waals surface area contributed by atoms with Crippen LogP contribution in [0.5, 0.6) is 0 Å². The van der Waals surface area contributed by atoms with E-state index in [0.717, 1.165) is 17.0 Å². The zero-order valence-electron chi connectivity index (χ0n) is 12.1. The van der Waals surface area contributed by atoms with Crippen molar-refractivity contribution in [1.82, 2.24) is 10.3 Å². The van der Waals surface area contributed by atoms with Crippen LogP contribution in [0, 0.1) is 13.8 Å². The average Bonchev–Trinajstić information content (AvgIpc) is 2.78. The van der Waals surface area contributed by atoms with Gasteiger partial charge in [0.25, 0.3) is 5.91 Å². The van der Waals surface area contributed by atoms with Gasteiger partial charge < -0.3 is 15.4 Å². The summed E-state index contributed by atoms with van der Waals surface area (Å²) in [7, 11) is 0. The van der Waals surface area contributed by atoms with E-state index in [-0.39, 0.29) is 11.5 Å². The van der Waals surface area contributed by atoms with Gasteiger partial charge in [0.1, 0.15) is 0 Å². The lowest BCUT2D eigenvalue weighted by molar-refractivity contribution is 0.0696. The van der Waals surface area contributed by atoms with Crippen molar-refractivity contribution in [2.45, 2.75) is 20.3 Å². The number of nitrogens with one attached hydrogen (secondary N) is 2. The molecule has 1 amide bonds. The second kappa shape index (κ2) is 6.26. The number of benzene rings is 1. The van der Waals surface area contributed by atoms with Crippen molar-refractivity contribution in [3.8, 4) is 0 Å². The molecule has 0 saturated carbocycles. The lowest BCUT2D eigenvalue weighted by atomic mass is 10.1. The topological polar surface area (TPSA) is 82.2 Å². The smallest absolute Gasteiger partial charge is 0.335 e. The fraction of sp³-hybridized carbons (Fsp3) is 0.250. The number of aryl methyl sites for hydroxylation is 2. The van der Waals surface area contributed by atoms with Gasteiger partial charge in [-0.05, 0) is 44.0 Å². The summed E-state index contributed by atoms with van der Waals surface area (Å²) < 4.78 is 0. The largest absolute Gasteiger partial charge is 0.478 e. The Bertz CT molecular complexity index is 657. The maximum absolute atomic E-state index is 12.0. The summed E-state index contributed by atoms with van der Waals surface area (Å²) in [5, 5.41) is 11.7. The van der Waals surface area contributed by atoms with Gasteiger partial charge in [-0.1, -0.05) is 12.1 Å². The van der Waals surface area contributed by atoms with E-state index >= 15 is 0 Å². The van der Waals surface area contributed by atoms with Crippen molar-refractivity contribution in [3.63, 3.8) is 0 Å². The zero-order valence-corrected chi connectivity index (χ0v) is 12.1. The first kappa shape index (κ1) is 14.8. The Morgan fingerprint density at radius 1 is 1.19 bits per heavy atom. The molecule has 1 heterocycles. The first-order valence-corrected chi connectivity index (χ1v) is 6.74. The highest BCUT2D eigenvalue weighted by Gasteiger charge is 2.10. The Morgan fingerprint density at radius 2 is 1.86 bits per heavy atom. The highest BCUT2D eigenvalue weighted by molar-refractivity contribution is 5.95. The molecule has 2 aromatic rings. The lowest BCUT2D eigenvalue weighted by Gasteiger charge is -2.05. The van der Waals surface area contributed by atoms with Crippen molar-refractivity contribution >= 4 is 11.9 Å². The van der Waals surface area contributed by atoms with E-state index < -0.39 is 5.97 Å². The Kier molecular flexibility index (Phi) is 4.42. The lowest BCUT2D eigenvalue weighted by Crippen LogP contribution is -2.25. The van der Waals surface area contributed by atoms with E-state index in [1.54, 1.807) is 24.3 Å². The van der Waals surface area contributed by atoms with Crippen LogP contribution >= 0.6 is 0 Å². The molecule has 0 aliphatic carbocycles. The molecule has 110 valence electrons. The van der Waals surface area contributed by atoms with Gasteiger partial charge >= 0.3 is 5.97 Å². The first-order valence-electron chi connectivity index (χ1n) is 6.74. The van der Waals surface area contributed by atoms with Crippen LogP contribution in [0.25, 0.3) is 0 Å². The molecule has 0 atom stereocenters. The fourth-order valence-electron chi connectivity index (χ4n) is 2.19. The van der Waals surface area contributed by atoms with Crippen molar-refractivity contribution in [2.24, 2.45) is 0 Å². The predicted molar refractivity (Wildman–Crippen MR) is 79.7 cm³/mol. The second-order valence-corrected chi connectivity index (χ2v) is 5.00. The van der Waals surface area contributed by atoms with Crippen LogP contribution in [0.2, 0.25) is 0 Å². The van der Waals surface area contributed by atoms with E-state index in [9.17, 15) is 9.59 Å². The summed E-state index contributed by atoms with van der Waals surface area (Å²) in [6.45, 7) is 4.29. The number of carboxylic acids is 1. The summed E-state index contributed by atoms with van der Waals surface area (Å²) in [5.41, 5.74) is 3.73. The Hall–Kier alpha value is -2.56. The SMILES string of the molecule is Cc1cc(C(=O)NCCc2ccc(C(=O)O)cc2)c(C)[nH]1. The monoisotopic (exact) mass is 286 g/mol. The predicted octanol–water partition coefficient (Wildman–Crippen LogP) is 2.30. The minimum Gasteiger partial charge on any atom is -0.478 e. The maximum Gasteiger partial charge on any atom is 0.335 e. The summed E-state index contributed by atoms with van der Waals surface area (Å²) in [6, 6.07) is 8.49. The number of aromatic carboxylic acids is 1. The van der Waals surface area contributed by atoms with E-state index in [1.165, 1.54) is 0 Å². The molecule has 21 heavy (non-hydrogen) atoms. The molecule has 1 aromatic carbocycles. The van der Waals surface area contributed by atoms with Gasteiger partial charge in [-0.3, -0.25) is 4.79 Å². The molecule has 0 spiro atoms. The Labute approximate surface area is 123 Å². The molecule has 0 saturated heterocycles. The normalized spacial score (nSPS) is 10.4. The standard InChI is InChI=1S/C16H18N2O3/c1-10-9-14(11(2)18-10)15(19)17-8-7-12-3-5-13(6-4-12)16(20)21/h3-6,9,18H,7-8H2,1-2H3,(H,17,19)(H,20,21). The molecule has 5 heteroatoms. The number of amides is 1. The number of carboxylic acid groups (broad SMARTS) is 1. The Morgan fingerprint density at radius 3 is 2.38 bits per heavy atom. The molecule has 5 nitrogen and oxygen atoms in total. The number of hydrogen-bond donors (Lipinski definition) is 3. The molecule has 0 bridgehead atoms. The van der Waals surface area contributed by atoms with E-state index in [4.69, 9.17) is 5.11 Å². The van der Waals surface area contributed by atoms with Gasteiger partial charge in [-0.2, -0.15) is 0 Å². The van der Waals surface area contributed by atoms with Gasteiger partial charge in [0.2, 0.25) is 0 Å². The number of carbonyl (C=O) groups is 2. The first-order chi connectivity index (χ1) is 9.97. The third kappa shape index (κ3) is 3.72. The molecular weight excluding hydrogens is 268 g/mol. The molecule has 0 radical (unpaired) electrons. The van der Waals surface area contributed by atoms with Crippen LogP contribution < -0.4 is 5.32 Å². The van der Waals surface area contributed by atoms with Crippen LogP contribution in [0.3, 0.4) is 0 Å². The summed E-state index contributed by atoms with van der Waals surface area (Å²) in [4.78, 5) is 25.8. The highest BCUT2D eigenvalue weighted by Crippen LogP contribution is 2.09.